The molecule has 1 saturated heterocycles. The number of hydrogen-bond acceptors (Lipinski definition) is 3. The maximum absolute atomic E-state index is 12.4. The largest absolute Gasteiger partial charge is 0.493 e. The summed E-state index contributed by atoms with van der Waals surface area (Å²) in [6.07, 6.45) is 4.40. The fourth-order valence-electron chi connectivity index (χ4n) is 3.06. The van der Waals surface area contributed by atoms with Gasteiger partial charge >= 0.3 is 0 Å². The van der Waals surface area contributed by atoms with Crippen LogP contribution in [0.25, 0.3) is 0 Å². The van der Waals surface area contributed by atoms with E-state index in [0.717, 1.165) is 50.2 Å². The monoisotopic (exact) mass is 502 g/mol. The highest BCUT2D eigenvalue weighted by atomic mass is 127. The van der Waals surface area contributed by atoms with Crippen molar-refractivity contribution in [1.82, 2.24) is 15.5 Å². The number of aryl methyl sites for hydroxylation is 1. The molecule has 0 aliphatic carbocycles. The Balaban J connectivity index is 0.00000392. The number of aliphatic imine (C=N–C) groups is 1. The van der Waals surface area contributed by atoms with Crippen molar-refractivity contribution in [3.05, 3.63) is 29.3 Å². The van der Waals surface area contributed by atoms with Crippen LogP contribution in [0.15, 0.2) is 23.2 Å². The second-order valence-electron chi connectivity index (χ2n) is 6.95. The highest BCUT2D eigenvalue weighted by molar-refractivity contribution is 14.0. The van der Waals surface area contributed by atoms with Gasteiger partial charge in [-0.3, -0.25) is 4.79 Å². The number of carbonyl (C=O) groups is 1. The van der Waals surface area contributed by atoms with Gasteiger partial charge < -0.3 is 20.3 Å². The molecular weight excluding hydrogens is 467 g/mol. The first-order valence-corrected chi connectivity index (χ1v) is 10.2. The number of rotatable bonds is 8. The summed E-state index contributed by atoms with van der Waals surface area (Å²) >= 11 is 0. The van der Waals surface area contributed by atoms with Gasteiger partial charge in [-0.05, 0) is 51.2 Å². The summed E-state index contributed by atoms with van der Waals surface area (Å²) in [5, 5.41) is 6.38. The van der Waals surface area contributed by atoms with Crippen LogP contribution >= 0.6 is 24.0 Å². The highest BCUT2D eigenvalue weighted by Gasteiger charge is 2.16. The molecule has 6 nitrogen and oxygen atoms in total. The Morgan fingerprint density at radius 1 is 1.18 bits per heavy atom. The summed E-state index contributed by atoms with van der Waals surface area (Å²) in [6, 6.07) is 6.19. The van der Waals surface area contributed by atoms with E-state index in [0.29, 0.717) is 19.1 Å². The minimum Gasteiger partial charge on any atom is -0.493 e. The first-order chi connectivity index (χ1) is 13.1. The van der Waals surface area contributed by atoms with Crippen LogP contribution in [-0.4, -0.2) is 49.6 Å². The van der Waals surface area contributed by atoms with E-state index < -0.39 is 0 Å². The molecule has 1 fully saturated rings. The zero-order valence-corrected chi connectivity index (χ0v) is 19.8. The molecule has 1 heterocycles. The van der Waals surface area contributed by atoms with Crippen LogP contribution in [0.2, 0.25) is 0 Å². The molecule has 0 atom stereocenters. The molecule has 1 aromatic carbocycles. The zero-order valence-electron chi connectivity index (χ0n) is 17.4. The number of amides is 1. The van der Waals surface area contributed by atoms with Gasteiger partial charge in [0.15, 0.2) is 5.96 Å². The lowest BCUT2D eigenvalue weighted by Gasteiger charge is -2.27. The van der Waals surface area contributed by atoms with Crippen LogP contribution < -0.4 is 15.4 Å². The number of halogens is 1. The molecule has 158 valence electrons. The van der Waals surface area contributed by atoms with Crippen molar-refractivity contribution < 1.29 is 9.53 Å². The Labute approximate surface area is 186 Å². The molecule has 7 heteroatoms. The lowest BCUT2D eigenvalue weighted by molar-refractivity contribution is -0.130. The molecule has 1 aromatic rings. The minimum atomic E-state index is 0. The summed E-state index contributed by atoms with van der Waals surface area (Å²) in [5.41, 5.74) is 2.22. The molecule has 1 amide bonds. The van der Waals surface area contributed by atoms with Gasteiger partial charge in [0.2, 0.25) is 5.91 Å². The van der Waals surface area contributed by atoms with Crippen LogP contribution in [0.3, 0.4) is 0 Å². The van der Waals surface area contributed by atoms with Gasteiger partial charge in [-0.25, -0.2) is 4.99 Å². The molecule has 0 radical (unpaired) electrons. The molecule has 2 N–H and O–H groups in total. The van der Waals surface area contributed by atoms with Crippen LogP contribution in [0.1, 0.15) is 50.7 Å². The van der Waals surface area contributed by atoms with Crippen LogP contribution in [0.5, 0.6) is 5.75 Å². The third kappa shape index (κ3) is 8.24. The first kappa shape index (κ1) is 24.5. The predicted octanol–water partition coefficient (Wildman–Crippen LogP) is 3.47. The predicted molar refractivity (Wildman–Crippen MR) is 126 cm³/mol. The molecule has 0 spiro atoms. The van der Waals surface area contributed by atoms with E-state index in [-0.39, 0.29) is 36.4 Å². The van der Waals surface area contributed by atoms with Crippen LogP contribution in [0, 0.1) is 6.92 Å². The molecule has 1 aliphatic rings. The smallest absolute Gasteiger partial charge is 0.241 e. The van der Waals surface area contributed by atoms with Crippen molar-refractivity contribution in [2.24, 2.45) is 4.99 Å². The minimum absolute atomic E-state index is 0. The van der Waals surface area contributed by atoms with Gasteiger partial charge in [0.1, 0.15) is 5.75 Å². The van der Waals surface area contributed by atoms with Crippen molar-refractivity contribution in [2.75, 3.05) is 32.8 Å². The van der Waals surface area contributed by atoms with Gasteiger partial charge in [-0.15, -0.1) is 24.0 Å². The number of guanidine groups is 1. The fourth-order valence-corrected chi connectivity index (χ4v) is 3.06. The van der Waals surface area contributed by atoms with Crippen LogP contribution in [-0.2, 0) is 11.3 Å². The second kappa shape index (κ2) is 13.6. The van der Waals surface area contributed by atoms with Gasteiger partial charge in [0.05, 0.1) is 19.7 Å². The standard InChI is InChI=1S/C21H34N4O2.HI/c1-4-13-27-19-14-17(3)9-10-18(19)15-23-21(22-5-2)24-16-20(26)25-11-7-6-8-12-25;/h9-10,14H,4-8,11-13,15-16H2,1-3H3,(H2,22,23,24);1H. The molecule has 0 saturated carbocycles. The van der Waals surface area contributed by atoms with E-state index in [4.69, 9.17) is 4.74 Å². The SMILES string of the molecule is CCCOc1cc(C)ccc1CN=C(NCC)NCC(=O)N1CCCCC1.I. The van der Waals surface area contributed by atoms with Gasteiger partial charge in [0, 0.05) is 25.2 Å². The Morgan fingerprint density at radius 2 is 1.93 bits per heavy atom. The van der Waals surface area contributed by atoms with Crippen molar-refractivity contribution >= 4 is 35.8 Å². The maximum atomic E-state index is 12.4. The number of benzene rings is 1. The number of nitrogens with zero attached hydrogens (tertiary/aromatic N) is 2. The van der Waals surface area contributed by atoms with Crippen molar-refractivity contribution in [1.29, 1.82) is 0 Å². The summed E-state index contributed by atoms with van der Waals surface area (Å²) < 4.78 is 5.87. The lowest BCUT2D eigenvalue weighted by atomic mass is 10.1. The normalized spacial score (nSPS) is 14.2. The number of piperidine rings is 1. The van der Waals surface area contributed by atoms with E-state index >= 15 is 0 Å². The van der Waals surface area contributed by atoms with Crippen LogP contribution in [0.4, 0.5) is 0 Å². The molecule has 28 heavy (non-hydrogen) atoms. The molecule has 2 rings (SSSR count). The highest BCUT2D eigenvalue weighted by Crippen LogP contribution is 2.21. The summed E-state index contributed by atoms with van der Waals surface area (Å²) in [5.74, 6) is 1.69. The summed E-state index contributed by atoms with van der Waals surface area (Å²) in [4.78, 5) is 18.9. The topological polar surface area (TPSA) is 66.0 Å². The summed E-state index contributed by atoms with van der Waals surface area (Å²) in [7, 11) is 0. The van der Waals surface area contributed by atoms with E-state index in [2.05, 4.69) is 47.7 Å². The van der Waals surface area contributed by atoms with E-state index in [1.165, 1.54) is 12.0 Å². The quantitative estimate of drug-likeness (QED) is 0.325. The van der Waals surface area contributed by atoms with Crippen molar-refractivity contribution in [2.45, 2.75) is 53.0 Å². The number of nitrogens with one attached hydrogen (secondary N) is 2. The van der Waals surface area contributed by atoms with Gasteiger partial charge in [-0.1, -0.05) is 19.1 Å². The Hall–Kier alpha value is -1.51. The Bertz CT molecular complexity index is 631. The average Bonchev–Trinajstić information content (AvgIpc) is 2.69. The molecule has 0 unspecified atom stereocenters. The van der Waals surface area contributed by atoms with Crippen molar-refractivity contribution in [3.63, 3.8) is 0 Å². The summed E-state index contributed by atoms with van der Waals surface area (Å²) in [6.45, 7) is 10.1. The average molecular weight is 502 g/mol. The zero-order chi connectivity index (χ0) is 19.5. The van der Waals surface area contributed by atoms with E-state index in [1.54, 1.807) is 0 Å². The number of likely N-dealkylation sites (tertiary alicyclic amines) is 1. The fraction of sp³-hybridized carbons (Fsp3) is 0.619. The number of hydrogen-bond donors (Lipinski definition) is 2. The van der Waals surface area contributed by atoms with Gasteiger partial charge in [0.25, 0.3) is 0 Å². The third-order valence-corrected chi connectivity index (χ3v) is 4.55. The van der Waals surface area contributed by atoms with E-state index in [1.807, 2.05) is 11.8 Å². The maximum Gasteiger partial charge on any atom is 0.241 e. The first-order valence-electron chi connectivity index (χ1n) is 10.2. The lowest BCUT2D eigenvalue weighted by Crippen LogP contribution is -2.46. The molecular formula is C21H35IN4O2. The van der Waals surface area contributed by atoms with Crippen molar-refractivity contribution in [3.8, 4) is 5.75 Å². The molecule has 0 bridgehead atoms. The Morgan fingerprint density at radius 3 is 2.61 bits per heavy atom. The molecule has 0 aromatic heterocycles. The van der Waals surface area contributed by atoms with E-state index in [9.17, 15) is 4.79 Å². The third-order valence-electron chi connectivity index (χ3n) is 4.55. The van der Waals surface area contributed by atoms with Gasteiger partial charge in [-0.2, -0.15) is 0 Å². The number of carbonyl (C=O) groups excluding carboxylic acids is 1. The Kier molecular flexibility index (Phi) is 11.9. The number of ether oxygens (including phenoxy) is 1. The second-order valence-corrected chi connectivity index (χ2v) is 6.95. The molecule has 1 aliphatic heterocycles.